The van der Waals surface area contributed by atoms with Gasteiger partial charge in [-0.2, -0.15) is 57.1 Å². The van der Waals surface area contributed by atoms with Crippen LogP contribution in [0.3, 0.4) is 0 Å². The Bertz CT molecular complexity index is 578. The van der Waals surface area contributed by atoms with Crippen molar-refractivity contribution in [1.29, 1.82) is 0 Å². The van der Waals surface area contributed by atoms with Crippen LogP contribution in [0, 0.1) is 0 Å². The number of unbranched alkanes of at least 4 members (excludes halogenated alkanes) is 5. The molecule has 0 aromatic heterocycles. The Morgan fingerprint density at radius 2 is 1.00 bits per heavy atom. The van der Waals surface area contributed by atoms with E-state index in [4.69, 9.17) is 0 Å². The molecule has 0 heterocycles. The Kier molecular flexibility index (Phi) is 9.86. The molecule has 0 aliphatic rings. The van der Waals surface area contributed by atoms with Crippen molar-refractivity contribution in [3.63, 3.8) is 0 Å². The summed E-state index contributed by atoms with van der Waals surface area (Å²) >= 11 is 1.04. The van der Waals surface area contributed by atoms with Crippen molar-refractivity contribution in [2.75, 3.05) is 0 Å². The molecule has 0 unspecified atom stereocenters. The number of alkyl halides is 13. The van der Waals surface area contributed by atoms with E-state index in [0.29, 0.717) is 12.8 Å². The van der Waals surface area contributed by atoms with Crippen molar-refractivity contribution < 1.29 is 57.1 Å². The second-order valence-electron chi connectivity index (χ2n) is 6.53. The average molecular weight is 584 g/mol. The summed E-state index contributed by atoms with van der Waals surface area (Å²) in [7, 11) is 0. The van der Waals surface area contributed by atoms with Gasteiger partial charge in [0.2, 0.25) is 0 Å². The van der Waals surface area contributed by atoms with E-state index in [2.05, 4.69) is 0 Å². The van der Waals surface area contributed by atoms with Gasteiger partial charge in [-0.15, -0.1) is 0 Å². The second kappa shape index (κ2) is 10.0. The first-order chi connectivity index (χ1) is 13.2. The van der Waals surface area contributed by atoms with E-state index < -0.39 is 45.4 Å². The summed E-state index contributed by atoms with van der Waals surface area (Å²) in [5, 5.41) is 0. The molecule has 0 saturated carbocycles. The van der Waals surface area contributed by atoms with Gasteiger partial charge in [-0.05, 0) is 39.0 Å². The minimum absolute atomic E-state index is 0.152. The summed E-state index contributed by atoms with van der Waals surface area (Å²) in [4.78, 5) is 0. The first-order valence-electron chi connectivity index (χ1n) is 8.53. The molecular weight excluding hydrogens is 566 g/mol. The molecule has 0 amide bonds. The van der Waals surface area contributed by atoms with Gasteiger partial charge in [-0.3, -0.25) is 0 Å². The maximum absolute atomic E-state index is 13.7. The molecule has 0 aromatic carbocycles. The van der Waals surface area contributed by atoms with Crippen LogP contribution < -0.4 is 0 Å². The van der Waals surface area contributed by atoms with Crippen LogP contribution in [0.15, 0.2) is 9.66 Å². The van der Waals surface area contributed by atoms with Crippen LogP contribution in [0.4, 0.5) is 57.1 Å². The zero-order valence-corrected chi connectivity index (χ0v) is 17.5. The summed E-state index contributed by atoms with van der Waals surface area (Å²) in [6.45, 7) is 1.91. The number of allylic oxidation sites excluding steroid dienone is 2. The summed E-state index contributed by atoms with van der Waals surface area (Å²) < 4.78 is 168. The van der Waals surface area contributed by atoms with Crippen molar-refractivity contribution in [2.45, 2.75) is 87.7 Å². The molecule has 180 valence electrons. The standard InChI is InChI=1S/C16H18F13I/c1-2-3-4-5-6-7-8-10(30)9-11(17,18)12(19,20)13(21,22)14(23,24)15(25,26)16(27,28)29/h9H,2-8H2,1H3/b10-9+. The lowest BCUT2D eigenvalue weighted by atomic mass is 9.93. The van der Waals surface area contributed by atoms with Crippen LogP contribution in [0.5, 0.6) is 0 Å². The summed E-state index contributed by atoms with van der Waals surface area (Å²) in [5.74, 6) is -36.7. The number of halogens is 14. The Morgan fingerprint density at radius 1 is 0.600 bits per heavy atom. The highest BCUT2D eigenvalue weighted by molar-refractivity contribution is 14.1. The van der Waals surface area contributed by atoms with Gasteiger partial charge in [0.05, 0.1) is 0 Å². The molecule has 0 aromatic rings. The second-order valence-corrected chi connectivity index (χ2v) is 7.91. The minimum Gasteiger partial charge on any atom is -0.195 e. The van der Waals surface area contributed by atoms with Gasteiger partial charge < -0.3 is 0 Å². The Morgan fingerprint density at radius 3 is 1.43 bits per heavy atom. The number of hydrogen-bond donors (Lipinski definition) is 0. The Balaban J connectivity index is 5.64. The van der Waals surface area contributed by atoms with Crippen LogP contribution in [-0.2, 0) is 0 Å². The third-order valence-electron chi connectivity index (χ3n) is 4.06. The van der Waals surface area contributed by atoms with E-state index in [-0.39, 0.29) is 12.8 Å². The molecule has 0 radical (unpaired) electrons. The lowest BCUT2D eigenvalue weighted by molar-refractivity contribution is -0.436. The van der Waals surface area contributed by atoms with Crippen molar-refractivity contribution in [1.82, 2.24) is 0 Å². The third-order valence-corrected chi connectivity index (χ3v) is 4.92. The van der Waals surface area contributed by atoms with E-state index in [1.807, 2.05) is 6.92 Å². The normalized spacial score (nSPS) is 15.6. The van der Waals surface area contributed by atoms with Crippen LogP contribution >= 0.6 is 22.6 Å². The molecule has 30 heavy (non-hydrogen) atoms. The summed E-state index contributed by atoms with van der Waals surface area (Å²) in [5.41, 5.74) is 0. The van der Waals surface area contributed by atoms with Gasteiger partial charge in [-0.25, -0.2) is 0 Å². The molecule has 0 nitrogen and oxygen atoms in total. The maximum atomic E-state index is 13.7. The van der Waals surface area contributed by atoms with Gasteiger partial charge in [0, 0.05) is 6.08 Å². The van der Waals surface area contributed by atoms with Crippen LogP contribution in [0.1, 0.15) is 51.9 Å². The third kappa shape index (κ3) is 5.87. The highest BCUT2D eigenvalue weighted by Gasteiger charge is 2.90. The van der Waals surface area contributed by atoms with Gasteiger partial charge in [0.25, 0.3) is 0 Å². The number of hydrogen-bond acceptors (Lipinski definition) is 0. The fourth-order valence-corrected chi connectivity index (χ4v) is 2.99. The monoisotopic (exact) mass is 584 g/mol. The topological polar surface area (TPSA) is 0 Å². The molecule has 0 bridgehead atoms. The van der Waals surface area contributed by atoms with Crippen molar-refractivity contribution in [2.24, 2.45) is 0 Å². The van der Waals surface area contributed by atoms with Gasteiger partial charge in [-0.1, -0.05) is 39.0 Å². The zero-order valence-electron chi connectivity index (χ0n) is 15.3. The van der Waals surface area contributed by atoms with Gasteiger partial charge >= 0.3 is 35.8 Å². The summed E-state index contributed by atoms with van der Waals surface area (Å²) in [6, 6.07) is 0. The van der Waals surface area contributed by atoms with E-state index in [1.54, 1.807) is 0 Å². The predicted molar refractivity (Wildman–Crippen MR) is 90.9 cm³/mol. The summed E-state index contributed by atoms with van der Waals surface area (Å²) in [6.07, 6.45) is -4.73. The Hall–Kier alpha value is -0.440. The van der Waals surface area contributed by atoms with Gasteiger partial charge in [0.15, 0.2) is 0 Å². The molecular formula is C16H18F13I. The molecule has 0 saturated heterocycles. The molecule has 0 rings (SSSR count). The van der Waals surface area contributed by atoms with E-state index >= 15 is 0 Å². The molecule has 0 atom stereocenters. The van der Waals surface area contributed by atoms with E-state index in [0.717, 1.165) is 41.9 Å². The SMILES string of the molecule is CCCCCCCC/C(I)=C\C(F)(F)C(F)(F)C(F)(F)C(F)(F)C(F)(F)C(F)(F)F. The lowest BCUT2D eigenvalue weighted by Crippen LogP contribution is -2.69. The largest absolute Gasteiger partial charge is 0.460 e. The van der Waals surface area contributed by atoms with Crippen LogP contribution in [0.25, 0.3) is 0 Å². The molecule has 14 heteroatoms. The van der Waals surface area contributed by atoms with Crippen molar-refractivity contribution >= 4 is 22.6 Å². The van der Waals surface area contributed by atoms with E-state index in [9.17, 15) is 57.1 Å². The quantitative estimate of drug-likeness (QED) is 0.122. The first kappa shape index (κ1) is 29.6. The van der Waals surface area contributed by atoms with Crippen LogP contribution in [-0.4, -0.2) is 35.8 Å². The first-order valence-corrected chi connectivity index (χ1v) is 9.61. The fraction of sp³-hybridized carbons (Fsp3) is 0.875. The fourth-order valence-electron chi connectivity index (χ4n) is 2.22. The number of rotatable bonds is 12. The molecule has 0 N–H and O–H groups in total. The van der Waals surface area contributed by atoms with Crippen LogP contribution in [0.2, 0.25) is 0 Å². The zero-order chi connectivity index (χ0) is 24.2. The van der Waals surface area contributed by atoms with Crippen molar-refractivity contribution in [3.8, 4) is 0 Å². The highest BCUT2D eigenvalue weighted by atomic mass is 127. The molecule has 0 aliphatic carbocycles. The van der Waals surface area contributed by atoms with E-state index in [1.165, 1.54) is 0 Å². The average Bonchev–Trinajstić information content (AvgIpc) is 2.55. The minimum atomic E-state index is -7.86. The lowest BCUT2D eigenvalue weighted by Gasteiger charge is -2.39. The Labute approximate surface area is 177 Å². The molecule has 0 spiro atoms. The molecule has 0 aliphatic heterocycles. The van der Waals surface area contributed by atoms with Gasteiger partial charge in [0.1, 0.15) is 0 Å². The predicted octanol–water partition coefficient (Wildman–Crippen LogP) is 8.79. The smallest absolute Gasteiger partial charge is 0.195 e. The molecule has 0 fully saturated rings. The maximum Gasteiger partial charge on any atom is 0.460 e. The van der Waals surface area contributed by atoms with Crippen molar-refractivity contribution in [3.05, 3.63) is 9.66 Å². The highest BCUT2D eigenvalue weighted by Crippen LogP contribution is 2.60.